The van der Waals surface area contributed by atoms with Gasteiger partial charge in [0.15, 0.2) is 6.04 Å². The van der Waals surface area contributed by atoms with Crippen molar-refractivity contribution in [2.45, 2.75) is 32.9 Å². The number of morpholine rings is 1. The average Bonchev–Trinajstić information content (AvgIpc) is 3.02. The molecule has 1 fully saturated rings. The molecule has 3 amide bonds. The van der Waals surface area contributed by atoms with Crippen LogP contribution in [0, 0.1) is 0 Å². The van der Waals surface area contributed by atoms with Crippen LogP contribution in [0.25, 0.3) is 0 Å². The van der Waals surface area contributed by atoms with Gasteiger partial charge >= 0.3 is 6.03 Å². The highest BCUT2D eigenvalue weighted by atomic mass is 16.5. The van der Waals surface area contributed by atoms with E-state index in [0.717, 1.165) is 0 Å². The Balaban J connectivity index is 1.87. The predicted molar refractivity (Wildman–Crippen MR) is 80.5 cm³/mol. The first-order chi connectivity index (χ1) is 11.0. The fraction of sp³-hybridized carbons (Fsp3) is 0.750. The Kier molecular flexibility index (Phi) is 5.68. The van der Waals surface area contributed by atoms with E-state index in [2.05, 4.69) is 31.6 Å². The van der Waals surface area contributed by atoms with Crippen LogP contribution in [0.2, 0.25) is 0 Å². The maximum atomic E-state index is 12.0. The van der Waals surface area contributed by atoms with E-state index in [1.54, 1.807) is 6.92 Å². The van der Waals surface area contributed by atoms with E-state index in [0.29, 0.717) is 32.3 Å². The molecule has 1 saturated heterocycles. The van der Waals surface area contributed by atoms with E-state index in [4.69, 9.17) is 4.74 Å². The van der Waals surface area contributed by atoms with Crippen LogP contribution in [0.1, 0.15) is 26.8 Å². The molecular weight excluding hydrogens is 304 g/mol. The third kappa shape index (κ3) is 4.77. The molecule has 1 atom stereocenters. The van der Waals surface area contributed by atoms with E-state index in [1.165, 1.54) is 4.80 Å². The van der Waals surface area contributed by atoms with Gasteiger partial charge in [-0.25, -0.2) is 10.2 Å². The lowest BCUT2D eigenvalue weighted by atomic mass is 10.3. The Morgan fingerprint density at radius 3 is 2.52 bits per heavy atom. The molecule has 11 heteroatoms. The lowest BCUT2D eigenvalue weighted by molar-refractivity contribution is -0.125. The number of amides is 3. The Labute approximate surface area is 133 Å². The second-order valence-corrected chi connectivity index (χ2v) is 5.43. The van der Waals surface area contributed by atoms with Crippen molar-refractivity contribution >= 4 is 17.9 Å². The van der Waals surface area contributed by atoms with Gasteiger partial charge in [0.1, 0.15) is 0 Å². The topological polar surface area (TPSA) is 126 Å². The summed E-state index contributed by atoms with van der Waals surface area (Å²) >= 11 is 0. The second-order valence-electron chi connectivity index (χ2n) is 5.43. The summed E-state index contributed by atoms with van der Waals surface area (Å²) < 4.78 is 5.26. The van der Waals surface area contributed by atoms with Crippen LogP contribution in [-0.4, -0.2) is 64.5 Å². The minimum atomic E-state index is -0.711. The third-order valence-corrected chi connectivity index (χ3v) is 3.16. The van der Waals surface area contributed by atoms with Crippen molar-refractivity contribution in [2.75, 3.05) is 31.2 Å². The molecule has 1 unspecified atom stereocenters. The largest absolute Gasteiger partial charge is 0.378 e. The van der Waals surface area contributed by atoms with E-state index in [-0.39, 0.29) is 6.04 Å². The Hall–Kier alpha value is -2.43. The van der Waals surface area contributed by atoms with Crippen LogP contribution >= 0.6 is 0 Å². The summed E-state index contributed by atoms with van der Waals surface area (Å²) in [6.45, 7) is 7.83. The second kappa shape index (κ2) is 7.72. The normalized spacial score (nSPS) is 16.1. The number of tetrazole rings is 1. The maximum Gasteiger partial charge on any atom is 0.333 e. The van der Waals surface area contributed by atoms with Crippen LogP contribution in [0.4, 0.5) is 10.7 Å². The predicted octanol–water partition coefficient (Wildman–Crippen LogP) is -1.19. The van der Waals surface area contributed by atoms with Crippen molar-refractivity contribution in [1.29, 1.82) is 0 Å². The minimum Gasteiger partial charge on any atom is -0.378 e. The summed E-state index contributed by atoms with van der Waals surface area (Å²) in [6, 6.07) is -1.23. The van der Waals surface area contributed by atoms with Gasteiger partial charge in [0.2, 0.25) is 0 Å². The molecule has 1 aromatic rings. The average molecular weight is 326 g/mol. The van der Waals surface area contributed by atoms with Gasteiger partial charge in [-0.3, -0.25) is 10.2 Å². The molecule has 3 N–H and O–H groups in total. The van der Waals surface area contributed by atoms with Gasteiger partial charge in [-0.05, 0) is 26.0 Å². The molecular formula is C12H22N8O3. The van der Waals surface area contributed by atoms with Crippen LogP contribution in [0.3, 0.4) is 0 Å². The highest BCUT2D eigenvalue weighted by Gasteiger charge is 2.21. The lowest BCUT2D eigenvalue weighted by Gasteiger charge is -2.24. The molecule has 0 bridgehead atoms. The maximum absolute atomic E-state index is 12.0. The van der Waals surface area contributed by atoms with Gasteiger partial charge in [-0.2, -0.15) is 0 Å². The van der Waals surface area contributed by atoms with E-state index in [9.17, 15) is 9.59 Å². The molecule has 0 saturated carbocycles. The van der Waals surface area contributed by atoms with Gasteiger partial charge in [-0.1, -0.05) is 5.10 Å². The number of hydrogen-bond donors (Lipinski definition) is 3. The number of carbonyl (C=O) groups excluding carboxylic acids is 2. The molecule has 0 radical (unpaired) electrons. The number of nitrogens with one attached hydrogen (secondary N) is 3. The number of hydrogen-bond acceptors (Lipinski definition) is 7. The SMILES string of the molecule is CC(C)NC(=O)NNC(=O)C(C)n1nnc(N2CCOCC2)n1. The zero-order valence-electron chi connectivity index (χ0n) is 13.4. The summed E-state index contributed by atoms with van der Waals surface area (Å²) in [7, 11) is 0. The fourth-order valence-electron chi connectivity index (χ4n) is 1.90. The van der Waals surface area contributed by atoms with Gasteiger partial charge in [-0.15, -0.1) is 9.90 Å². The van der Waals surface area contributed by atoms with Crippen molar-refractivity contribution in [3.8, 4) is 0 Å². The molecule has 1 aliphatic rings. The standard InChI is InChI=1S/C12H22N8O3/c1-8(2)13-12(22)16-14-10(21)9(3)20-17-11(15-18-20)19-4-6-23-7-5-19/h8-9H,4-7H2,1-3H3,(H,14,21)(H2,13,16,22). The summed E-state index contributed by atoms with van der Waals surface area (Å²) in [5, 5.41) is 14.6. The van der Waals surface area contributed by atoms with Crippen molar-refractivity contribution in [3.63, 3.8) is 0 Å². The summed E-state index contributed by atoms with van der Waals surface area (Å²) in [4.78, 5) is 26.6. The lowest BCUT2D eigenvalue weighted by Crippen LogP contribution is -2.50. The van der Waals surface area contributed by atoms with Gasteiger partial charge in [0.25, 0.3) is 11.9 Å². The van der Waals surface area contributed by atoms with Crippen LogP contribution in [-0.2, 0) is 9.53 Å². The highest BCUT2D eigenvalue weighted by molar-refractivity contribution is 5.83. The Morgan fingerprint density at radius 2 is 1.87 bits per heavy atom. The number of hydrazine groups is 1. The Morgan fingerprint density at radius 1 is 1.17 bits per heavy atom. The minimum absolute atomic E-state index is 0.0302. The van der Waals surface area contributed by atoms with Gasteiger partial charge < -0.3 is 15.0 Å². The summed E-state index contributed by atoms with van der Waals surface area (Å²) in [5.41, 5.74) is 4.58. The molecule has 1 aromatic heterocycles. The number of aromatic nitrogens is 4. The van der Waals surface area contributed by atoms with E-state index in [1.807, 2.05) is 18.7 Å². The fourth-order valence-corrected chi connectivity index (χ4v) is 1.90. The number of urea groups is 1. The van der Waals surface area contributed by atoms with Crippen molar-refractivity contribution in [3.05, 3.63) is 0 Å². The molecule has 23 heavy (non-hydrogen) atoms. The molecule has 0 spiro atoms. The zero-order chi connectivity index (χ0) is 16.8. The Bertz CT molecular complexity index is 540. The van der Waals surface area contributed by atoms with E-state index < -0.39 is 18.0 Å². The molecule has 0 aromatic carbocycles. The molecule has 2 heterocycles. The summed E-state index contributed by atoms with van der Waals surface area (Å²) in [6.07, 6.45) is 0. The zero-order valence-corrected chi connectivity index (χ0v) is 13.4. The highest BCUT2D eigenvalue weighted by Crippen LogP contribution is 2.09. The van der Waals surface area contributed by atoms with Crippen molar-refractivity contribution in [1.82, 2.24) is 36.4 Å². The van der Waals surface area contributed by atoms with Gasteiger partial charge in [0.05, 0.1) is 13.2 Å². The molecule has 1 aliphatic heterocycles. The molecule has 128 valence electrons. The monoisotopic (exact) mass is 326 g/mol. The number of carbonyl (C=O) groups is 2. The number of rotatable bonds is 4. The number of anilines is 1. The molecule has 2 rings (SSSR count). The number of ether oxygens (including phenoxy) is 1. The number of nitrogens with zero attached hydrogens (tertiary/aromatic N) is 5. The summed E-state index contributed by atoms with van der Waals surface area (Å²) in [5.74, 6) is 0.00768. The van der Waals surface area contributed by atoms with Crippen LogP contribution in [0.5, 0.6) is 0 Å². The third-order valence-electron chi connectivity index (χ3n) is 3.16. The first-order valence-corrected chi connectivity index (χ1v) is 7.46. The molecule has 11 nitrogen and oxygen atoms in total. The molecule has 0 aliphatic carbocycles. The first kappa shape index (κ1) is 16.9. The van der Waals surface area contributed by atoms with Crippen molar-refractivity contribution < 1.29 is 14.3 Å². The van der Waals surface area contributed by atoms with E-state index >= 15 is 0 Å². The quantitative estimate of drug-likeness (QED) is 0.594. The van der Waals surface area contributed by atoms with Crippen molar-refractivity contribution in [2.24, 2.45) is 0 Å². The smallest absolute Gasteiger partial charge is 0.333 e. The van der Waals surface area contributed by atoms with Crippen LogP contribution < -0.4 is 21.1 Å². The first-order valence-electron chi connectivity index (χ1n) is 7.46. The van der Waals surface area contributed by atoms with Gasteiger partial charge in [0, 0.05) is 19.1 Å². The van der Waals surface area contributed by atoms with Crippen LogP contribution in [0.15, 0.2) is 0 Å².